The van der Waals surface area contributed by atoms with Crippen LogP contribution in [0.5, 0.6) is 0 Å². The number of halogens is 2. The molecule has 0 saturated carbocycles. The monoisotopic (exact) mass is 273 g/mol. The lowest BCUT2D eigenvalue weighted by molar-refractivity contribution is 1.41. The summed E-state index contributed by atoms with van der Waals surface area (Å²) in [5, 5.41) is 0.950. The Morgan fingerprint density at radius 1 is 1.38 bits per heavy atom. The average molecular weight is 275 g/mol. The number of rotatable bonds is 1. The van der Waals surface area contributed by atoms with Gasteiger partial charge >= 0.3 is 0 Å². The highest BCUT2D eigenvalue weighted by Crippen LogP contribution is 2.29. The van der Waals surface area contributed by atoms with E-state index >= 15 is 0 Å². The van der Waals surface area contributed by atoms with Crippen LogP contribution in [-0.2, 0) is 0 Å². The van der Waals surface area contributed by atoms with Crippen LogP contribution in [0.15, 0.2) is 34.9 Å². The SMILES string of the molecule is Clc1cnc(-c2cccc(Br)c2)s1. The largest absolute Gasteiger partial charge is 0.243 e. The zero-order valence-electron chi connectivity index (χ0n) is 6.50. The predicted octanol–water partition coefficient (Wildman–Crippen LogP) is 4.23. The van der Waals surface area contributed by atoms with Crippen molar-refractivity contribution < 1.29 is 0 Å². The van der Waals surface area contributed by atoms with Gasteiger partial charge in [-0.05, 0) is 12.1 Å². The first-order valence-corrected chi connectivity index (χ1v) is 5.62. The van der Waals surface area contributed by atoms with E-state index in [0.29, 0.717) is 0 Å². The molecule has 4 heteroatoms. The van der Waals surface area contributed by atoms with Gasteiger partial charge in [0.25, 0.3) is 0 Å². The van der Waals surface area contributed by atoms with Gasteiger partial charge in [0, 0.05) is 10.0 Å². The summed E-state index contributed by atoms with van der Waals surface area (Å²) in [6, 6.07) is 8.00. The summed E-state index contributed by atoms with van der Waals surface area (Å²) >= 11 is 10.7. The lowest BCUT2D eigenvalue weighted by Crippen LogP contribution is -1.73. The fraction of sp³-hybridized carbons (Fsp3) is 0. The Morgan fingerprint density at radius 2 is 2.23 bits per heavy atom. The summed E-state index contributed by atoms with van der Waals surface area (Å²) < 4.78 is 1.77. The average Bonchev–Trinajstić information content (AvgIpc) is 2.52. The standard InChI is InChI=1S/C9H5BrClNS/c10-7-3-1-2-6(4-7)9-12-5-8(11)13-9/h1-5H. The van der Waals surface area contributed by atoms with Gasteiger partial charge in [-0.1, -0.05) is 39.7 Å². The van der Waals surface area contributed by atoms with Gasteiger partial charge in [0.05, 0.1) is 6.20 Å². The van der Waals surface area contributed by atoms with Crippen molar-refractivity contribution >= 4 is 38.9 Å². The molecule has 1 aromatic carbocycles. The van der Waals surface area contributed by atoms with Gasteiger partial charge in [-0.3, -0.25) is 0 Å². The molecule has 0 fully saturated rings. The minimum absolute atomic E-state index is 0.718. The topological polar surface area (TPSA) is 12.9 Å². The van der Waals surface area contributed by atoms with Gasteiger partial charge in [0.15, 0.2) is 0 Å². The molecule has 1 nitrogen and oxygen atoms in total. The van der Waals surface area contributed by atoms with Crippen LogP contribution in [0.4, 0.5) is 0 Å². The second-order valence-electron chi connectivity index (χ2n) is 2.48. The van der Waals surface area contributed by atoms with Crippen LogP contribution in [0.2, 0.25) is 4.34 Å². The highest BCUT2D eigenvalue weighted by Gasteiger charge is 2.02. The van der Waals surface area contributed by atoms with Crippen molar-refractivity contribution in [1.82, 2.24) is 4.98 Å². The maximum absolute atomic E-state index is 5.79. The van der Waals surface area contributed by atoms with Crippen molar-refractivity contribution in [3.8, 4) is 10.6 Å². The van der Waals surface area contributed by atoms with Crippen molar-refractivity contribution in [2.24, 2.45) is 0 Å². The molecule has 0 aliphatic rings. The molecular formula is C9H5BrClNS. The molecule has 0 amide bonds. The van der Waals surface area contributed by atoms with Crippen LogP contribution in [0, 0.1) is 0 Å². The number of hydrogen-bond donors (Lipinski definition) is 0. The summed E-state index contributed by atoms with van der Waals surface area (Å²) in [4.78, 5) is 4.19. The smallest absolute Gasteiger partial charge is 0.124 e. The number of aromatic nitrogens is 1. The molecule has 2 aromatic rings. The molecule has 2 rings (SSSR count). The Morgan fingerprint density at radius 3 is 2.85 bits per heavy atom. The van der Waals surface area contributed by atoms with E-state index in [1.807, 2.05) is 24.3 Å². The molecule has 0 aliphatic carbocycles. The Hall–Kier alpha value is -0.380. The summed E-state index contributed by atoms with van der Waals surface area (Å²) in [6.07, 6.45) is 1.67. The number of hydrogen-bond acceptors (Lipinski definition) is 2. The third kappa shape index (κ3) is 2.10. The van der Waals surface area contributed by atoms with Gasteiger partial charge in [-0.25, -0.2) is 4.98 Å². The maximum Gasteiger partial charge on any atom is 0.124 e. The molecule has 0 N–H and O–H groups in total. The molecule has 0 saturated heterocycles. The molecule has 0 bridgehead atoms. The van der Waals surface area contributed by atoms with Gasteiger partial charge < -0.3 is 0 Å². The molecule has 0 spiro atoms. The Kier molecular flexibility index (Phi) is 2.67. The zero-order chi connectivity index (χ0) is 9.26. The molecule has 0 unspecified atom stereocenters. The summed E-state index contributed by atoms with van der Waals surface area (Å²) in [7, 11) is 0. The quantitative estimate of drug-likeness (QED) is 0.758. The summed E-state index contributed by atoms with van der Waals surface area (Å²) in [5.41, 5.74) is 1.09. The van der Waals surface area contributed by atoms with Crippen LogP contribution in [-0.4, -0.2) is 4.98 Å². The van der Waals surface area contributed by atoms with Crippen LogP contribution >= 0.6 is 38.9 Å². The van der Waals surface area contributed by atoms with Crippen molar-refractivity contribution in [3.63, 3.8) is 0 Å². The molecule has 66 valence electrons. The Balaban J connectivity index is 2.46. The van der Waals surface area contributed by atoms with Crippen LogP contribution < -0.4 is 0 Å². The van der Waals surface area contributed by atoms with Gasteiger partial charge in [0.2, 0.25) is 0 Å². The highest BCUT2D eigenvalue weighted by atomic mass is 79.9. The van der Waals surface area contributed by atoms with E-state index < -0.39 is 0 Å². The van der Waals surface area contributed by atoms with E-state index in [0.717, 1.165) is 19.4 Å². The normalized spacial score (nSPS) is 10.3. The Labute approximate surface area is 93.5 Å². The van der Waals surface area contributed by atoms with Gasteiger partial charge in [0.1, 0.15) is 9.34 Å². The number of benzene rings is 1. The van der Waals surface area contributed by atoms with Crippen LogP contribution in [0.3, 0.4) is 0 Å². The first kappa shape index (κ1) is 9.19. The van der Waals surface area contributed by atoms with E-state index in [1.165, 1.54) is 11.3 Å². The lowest BCUT2D eigenvalue weighted by atomic mass is 10.2. The molecule has 1 aromatic heterocycles. The number of nitrogens with zero attached hydrogens (tertiary/aromatic N) is 1. The van der Waals surface area contributed by atoms with E-state index in [9.17, 15) is 0 Å². The first-order valence-electron chi connectivity index (χ1n) is 3.63. The molecule has 0 radical (unpaired) electrons. The van der Waals surface area contributed by atoms with Crippen molar-refractivity contribution in [2.45, 2.75) is 0 Å². The fourth-order valence-corrected chi connectivity index (χ4v) is 2.32. The summed E-state index contributed by atoms with van der Waals surface area (Å²) in [5.74, 6) is 0. The van der Waals surface area contributed by atoms with E-state index in [1.54, 1.807) is 6.20 Å². The van der Waals surface area contributed by atoms with E-state index in [2.05, 4.69) is 20.9 Å². The highest BCUT2D eigenvalue weighted by molar-refractivity contribution is 9.10. The number of thiazole rings is 1. The molecule has 0 aliphatic heterocycles. The maximum atomic E-state index is 5.79. The molecular weight excluding hydrogens is 270 g/mol. The lowest BCUT2D eigenvalue weighted by Gasteiger charge is -1.95. The second-order valence-corrected chi connectivity index (χ2v) is 5.06. The van der Waals surface area contributed by atoms with Crippen molar-refractivity contribution in [1.29, 1.82) is 0 Å². The van der Waals surface area contributed by atoms with Crippen LogP contribution in [0.1, 0.15) is 0 Å². The predicted molar refractivity (Wildman–Crippen MR) is 60.3 cm³/mol. The van der Waals surface area contributed by atoms with Crippen molar-refractivity contribution in [2.75, 3.05) is 0 Å². The third-order valence-corrected chi connectivity index (χ3v) is 3.21. The van der Waals surface area contributed by atoms with Gasteiger partial charge in [-0.2, -0.15) is 0 Å². The van der Waals surface area contributed by atoms with E-state index in [-0.39, 0.29) is 0 Å². The van der Waals surface area contributed by atoms with Crippen LogP contribution in [0.25, 0.3) is 10.6 Å². The third-order valence-electron chi connectivity index (χ3n) is 1.55. The first-order chi connectivity index (χ1) is 6.25. The van der Waals surface area contributed by atoms with E-state index in [4.69, 9.17) is 11.6 Å². The Bertz CT molecular complexity index is 427. The summed E-state index contributed by atoms with van der Waals surface area (Å²) in [6.45, 7) is 0. The van der Waals surface area contributed by atoms with Gasteiger partial charge in [-0.15, -0.1) is 11.3 Å². The molecule has 1 heterocycles. The zero-order valence-corrected chi connectivity index (χ0v) is 9.66. The minimum atomic E-state index is 0.718. The molecule has 0 atom stereocenters. The fourth-order valence-electron chi connectivity index (χ4n) is 1.01. The molecule has 13 heavy (non-hydrogen) atoms. The minimum Gasteiger partial charge on any atom is -0.243 e. The van der Waals surface area contributed by atoms with Crippen molar-refractivity contribution in [3.05, 3.63) is 39.3 Å². The second kappa shape index (κ2) is 3.78.